The monoisotopic (exact) mass is 226 g/mol. The number of amidine groups is 1. The van der Waals surface area contributed by atoms with E-state index in [1.807, 2.05) is 11.8 Å². The number of nitrogens with one attached hydrogen (secondary N) is 1. The highest BCUT2D eigenvalue weighted by molar-refractivity contribution is 8.13. The van der Waals surface area contributed by atoms with E-state index in [1.165, 1.54) is 23.3 Å². The van der Waals surface area contributed by atoms with Crippen LogP contribution in [-0.2, 0) is 6.54 Å². The van der Waals surface area contributed by atoms with E-state index in [-0.39, 0.29) is 0 Å². The minimum Gasteiger partial charge on any atom is -0.361 e. The maximum absolute atomic E-state index is 4.43. The molecule has 0 unspecified atom stereocenters. The molecular weight excluding hydrogens is 212 g/mol. The number of thiophene rings is 1. The summed E-state index contributed by atoms with van der Waals surface area (Å²) in [7, 11) is 0. The first-order chi connectivity index (χ1) is 6.86. The van der Waals surface area contributed by atoms with Gasteiger partial charge in [0.25, 0.3) is 0 Å². The largest absolute Gasteiger partial charge is 0.361 e. The average molecular weight is 226 g/mol. The second kappa shape index (κ2) is 4.84. The molecule has 0 amide bonds. The third-order valence-electron chi connectivity index (χ3n) is 2.19. The van der Waals surface area contributed by atoms with Crippen LogP contribution in [0.2, 0.25) is 0 Å². The molecule has 0 saturated carbocycles. The van der Waals surface area contributed by atoms with Crippen LogP contribution in [0, 0.1) is 6.92 Å². The number of hydrogen-bond donors (Lipinski definition) is 1. The molecule has 2 heterocycles. The predicted molar refractivity (Wildman–Crippen MR) is 65.3 cm³/mol. The van der Waals surface area contributed by atoms with Crippen molar-refractivity contribution >= 4 is 28.3 Å². The summed E-state index contributed by atoms with van der Waals surface area (Å²) < 4.78 is 0. The normalized spacial score (nSPS) is 16.5. The molecule has 0 aromatic carbocycles. The Labute approximate surface area is 92.8 Å². The van der Waals surface area contributed by atoms with E-state index in [9.17, 15) is 0 Å². The van der Waals surface area contributed by atoms with Gasteiger partial charge in [-0.1, -0.05) is 11.8 Å². The summed E-state index contributed by atoms with van der Waals surface area (Å²) in [6, 6.07) is 0. The van der Waals surface area contributed by atoms with E-state index < -0.39 is 0 Å². The predicted octanol–water partition coefficient (Wildman–Crippen LogP) is 2.64. The van der Waals surface area contributed by atoms with Crippen LogP contribution >= 0.6 is 23.1 Å². The summed E-state index contributed by atoms with van der Waals surface area (Å²) in [4.78, 5) is 4.43. The average Bonchev–Trinajstić information content (AvgIpc) is 2.63. The molecule has 14 heavy (non-hydrogen) atoms. The van der Waals surface area contributed by atoms with Crippen molar-refractivity contribution in [2.75, 3.05) is 12.3 Å². The second-order valence-corrected chi connectivity index (χ2v) is 5.15. The smallest absolute Gasteiger partial charge is 0.156 e. The Hall–Kier alpha value is -0.480. The van der Waals surface area contributed by atoms with Gasteiger partial charge in [-0.3, -0.25) is 4.99 Å². The number of rotatable bonds is 2. The summed E-state index contributed by atoms with van der Waals surface area (Å²) >= 11 is 3.60. The number of aryl methyl sites for hydroxylation is 1. The first kappa shape index (κ1) is 10.1. The molecule has 1 aliphatic rings. The van der Waals surface area contributed by atoms with Crippen molar-refractivity contribution in [3.63, 3.8) is 0 Å². The molecule has 1 aromatic heterocycles. The Morgan fingerprint density at radius 1 is 1.50 bits per heavy atom. The molecule has 0 fully saturated rings. The van der Waals surface area contributed by atoms with Crippen LogP contribution < -0.4 is 5.32 Å². The number of nitrogens with zero attached hydrogens (tertiary/aromatic N) is 1. The molecule has 2 nitrogen and oxygen atoms in total. The third-order valence-corrected chi connectivity index (χ3v) is 4.14. The maximum Gasteiger partial charge on any atom is 0.156 e. The Kier molecular flexibility index (Phi) is 3.48. The molecule has 0 radical (unpaired) electrons. The fraction of sp³-hybridized carbons (Fsp3) is 0.500. The van der Waals surface area contributed by atoms with Crippen molar-refractivity contribution < 1.29 is 0 Å². The van der Waals surface area contributed by atoms with Gasteiger partial charge in [0.1, 0.15) is 0 Å². The lowest BCUT2D eigenvalue weighted by Gasteiger charge is -2.12. The van der Waals surface area contributed by atoms with Crippen LogP contribution in [0.15, 0.2) is 15.8 Å². The van der Waals surface area contributed by atoms with Gasteiger partial charge in [-0.25, -0.2) is 0 Å². The van der Waals surface area contributed by atoms with Crippen LogP contribution in [0.4, 0.5) is 0 Å². The summed E-state index contributed by atoms with van der Waals surface area (Å²) in [5.74, 6) is 1.20. The van der Waals surface area contributed by atoms with Crippen molar-refractivity contribution in [1.29, 1.82) is 0 Å². The lowest BCUT2D eigenvalue weighted by atomic mass is 10.2. The topological polar surface area (TPSA) is 24.4 Å². The zero-order valence-corrected chi connectivity index (χ0v) is 9.88. The summed E-state index contributed by atoms with van der Waals surface area (Å²) in [6.45, 7) is 4.06. The van der Waals surface area contributed by atoms with Crippen molar-refractivity contribution in [3.05, 3.63) is 21.9 Å². The van der Waals surface area contributed by atoms with Crippen LogP contribution in [0.1, 0.15) is 17.5 Å². The van der Waals surface area contributed by atoms with Gasteiger partial charge < -0.3 is 5.32 Å². The molecule has 1 aromatic rings. The lowest BCUT2D eigenvalue weighted by Crippen LogP contribution is -2.23. The standard InChI is InChI=1S/C10H14N2S2/c1-8-6-13-7-9(8)5-12-10-11-3-2-4-14-10/h6-7H,2-5H2,1H3,(H,11,12). The van der Waals surface area contributed by atoms with Gasteiger partial charge in [-0.15, -0.1) is 0 Å². The van der Waals surface area contributed by atoms with Gasteiger partial charge in [0.05, 0.1) is 0 Å². The Morgan fingerprint density at radius 3 is 3.07 bits per heavy atom. The zero-order valence-electron chi connectivity index (χ0n) is 8.25. The number of thioether (sulfide) groups is 1. The lowest BCUT2D eigenvalue weighted by molar-refractivity contribution is 0.879. The van der Waals surface area contributed by atoms with Gasteiger partial charge in [-0.2, -0.15) is 11.3 Å². The van der Waals surface area contributed by atoms with Crippen LogP contribution in [0.3, 0.4) is 0 Å². The second-order valence-electron chi connectivity index (χ2n) is 3.32. The Bertz CT molecular complexity index is 331. The molecule has 0 aliphatic carbocycles. The highest BCUT2D eigenvalue weighted by Crippen LogP contribution is 2.15. The molecule has 2 rings (SSSR count). The fourth-order valence-electron chi connectivity index (χ4n) is 1.31. The van der Waals surface area contributed by atoms with Gasteiger partial charge >= 0.3 is 0 Å². The third kappa shape index (κ3) is 2.51. The molecule has 0 atom stereocenters. The van der Waals surface area contributed by atoms with E-state index in [0.717, 1.165) is 18.3 Å². The quantitative estimate of drug-likeness (QED) is 0.838. The van der Waals surface area contributed by atoms with Crippen LogP contribution in [-0.4, -0.2) is 17.5 Å². The van der Waals surface area contributed by atoms with E-state index in [1.54, 1.807) is 11.3 Å². The molecular formula is C10H14N2S2. The Balaban J connectivity index is 1.88. The fourth-order valence-corrected chi connectivity index (χ4v) is 2.99. The first-order valence-corrected chi connectivity index (χ1v) is 6.72. The first-order valence-electron chi connectivity index (χ1n) is 4.79. The van der Waals surface area contributed by atoms with Crippen molar-refractivity contribution in [2.24, 2.45) is 4.99 Å². The van der Waals surface area contributed by atoms with Crippen molar-refractivity contribution in [1.82, 2.24) is 5.32 Å². The van der Waals surface area contributed by atoms with Gasteiger partial charge in [-0.05, 0) is 35.2 Å². The summed E-state index contributed by atoms with van der Waals surface area (Å²) in [5.41, 5.74) is 2.77. The van der Waals surface area contributed by atoms with Crippen molar-refractivity contribution in [3.8, 4) is 0 Å². The van der Waals surface area contributed by atoms with Gasteiger partial charge in [0.15, 0.2) is 5.17 Å². The molecule has 4 heteroatoms. The number of hydrogen-bond acceptors (Lipinski definition) is 4. The molecule has 0 spiro atoms. The SMILES string of the molecule is Cc1cscc1CNC1=NCCCS1. The zero-order chi connectivity index (χ0) is 9.80. The molecule has 1 N–H and O–H groups in total. The minimum atomic E-state index is 0.918. The maximum atomic E-state index is 4.43. The van der Waals surface area contributed by atoms with E-state index in [2.05, 4.69) is 28.0 Å². The highest BCUT2D eigenvalue weighted by Gasteiger charge is 2.05. The minimum absolute atomic E-state index is 0.918. The highest BCUT2D eigenvalue weighted by atomic mass is 32.2. The van der Waals surface area contributed by atoms with Crippen molar-refractivity contribution in [2.45, 2.75) is 19.9 Å². The molecule has 0 saturated heterocycles. The van der Waals surface area contributed by atoms with E-state index >= 15 is 0 Å². The molecule has 76 valence electrons. The van der Waals surface area contributed by atoms with E-state index in [4.69, 9.17) is 0 Å². The number of aliphatic imine (C=N–C) groups is 1. The van der Waals surface area contributed by atoms with E-state index in [0.29, 0.717) is 0 Å². The molecule has 1 aliphatic heterocycles. The van der Waals surface area contributed by atoms with Gasteiger partial charge in [0.2, 0.25) is 0 Å². The van der Waals surface area contributed by atoms with Crippen LogP contribution in [0.25, 0.3) is 0 Å². The Morgan fingerprint density at radius 2 is 2.43 bits per heavy atom. The molecule has 0 bridgehead atoms. The summed E-state index contributed by atoms with van der Waals surface area (Å²) in [6.07, 6.45) is 1.22. The summed E-state index contributed by atoms with van der Waals surface area (Å²) in [5, 5.41) is 8.89. The van der Waals surface area contributed by atoms with Crippen LogP contribution in [0.5, 0.6) is 0 Å². The van der Waals surface area contributed by atoms with Gasteiger partial charge in [0, 0.05) is 18.8 Å².